The van der Waals surface area contributed by atoms with Crippen molar-refractivity contribution < 1.29 is 14.7 Å². The van der Waals surface area contributed by atoms with Crippen molar-refractivity contribution in [3.05, 3.63) is 12.2 Å². The van der Waals surface area contributed by atoms with Crippen molar-refractivity contribution in [1.82, 2.24) is 4.90 Å². The third kappa shape index (κ3) is 16.5. The van der Waals surface area contributed by atoms with Crippen LogP contribution in [0, 0.1) is 5.92 Å². The Morgan fingerprint density at radius 3 is 1.63 bits per heavy atom. The molecule has 4 nitrogen and oxygen atoms in total. The minimum atomic E-state index is -0.826. The Morgan fingerprint density at radius 1 is 0.733 bits per heavy atom. The highest BCUT2D eigenvalue weighted by atomic mass is 16.4. The molecule has 0 fully saturated rings. The zero-order chi connectivity index (χ0) is 22.5. The lowest BCUT2D eigenvalue weighted by atomic mass is 9.96. The summed E-state index contributed by atoms with van der Waals surface area (Å²) in [6, 6.07) is 0. The van der Waals surface area contributed by atoms with Crippen LogP contribution in [0.4, 0.5) is 0 Å². The summed E-state index contributed by atoms with van der Waals surface area (Å²) in [7, 11) is 0. The molecule has 0 aromatic heterocycles. The van der Waals surface area contributed by atoms with E-state index in [0.29, 0.717) is 19.5 Å². The molecule has 0 radical (unpaired) electrons. The van der Waals surface area contributed by atoms with Crippen molar-refractivity contribution in [2.75, 3.05) is 13.1 Å². The maximum atomic E-state index is 12.2. The average Bonchev–Trinajstić information content (AvgIpc) is 2.73. The number of unbranched alkanes of at least 4 members (excludes halogenated alkanes) is 12. The van der Waals surface area contributed by atoms with Gasteiger partial charge in [0.25, 0.3) is 0 Å². The number of aliphatic carboxylic acids is 1. The van der Waals surface area contributed by atoms with Gasteiger partial charge in [0.05, 0.1) is 5.92 Å². The second-order valence-electron chi connectivity index (χ2n) is 8.50. The van der Waals surface area contributed by atoms with Gasteiger partial charge in [0.2, 0.25) is 5.91 Å². The Bertz CT molecular complexity index is 444. The Kier molecular flexibility index (Phi) is 20.0. The van der Waals surface area contributed by atoms with Crippen LogP contribution in [-0.4, -0.2) is 35.0 Å². The van der Waals surface area contributed by atoms with E-state index in [2.05, 4.69) is 19.1 Å². The largest absolute Gasteiger partial charge is 0.481 e. The first kappa shape index (κ1) is 28.7. The normalized spacial score (nSPS) is 12.4. The zero-order valence-electron chi connectivity index (χ0n) is 20.2. The zero-order valence-corrected chi connectivity index (χ0v) is 20.2. The van der Waals surface area contributed by atoms with Gasteiger partial charge < -0.3 is 10.0 Å². The van der Waals surface area contributed by atoms with Gasteiger partial charge in [0, 0.05) is 19.5 Å². The highest BCUT2D eigenvalue weighted by molar-refractivity contribution is 5.82. The summed E-state index contributed by atoms with van der Waals surface area (Å²) in [6.07, 6.45) is 23.0. The summed E-state index contributed by atoms with van der Waals surface area (Å²) in [4.78, 5) is 25.3. The summed E-state index contributed by atoms with van der Waals surface area (Å²) in [5.41, 5.74) is 0. The molecule has 176 valence electrons. The maximum Gasteiger partial charge on any atom is 0.307 e. The van der Waals surface area contributed by atoms with Crippen LogP contribution in [0.25, 0.3) is 0 Å². The van der Waals surface area contributed by atoms with Crippen LogP contribution in [0.1, 0.15) is 124 Å². The quantitative estimate of drug-likeness (QED) is 0.155. The molecule has 30 heavy (non-hydrogen) atoms. The van der Waals surface area contributed by atoms with Crippen LogP contribution in [0.15, 0.2) is 12.2 Å². The second-order valence-corrected chi connectivity index (χ2v) is 8.50. The molecule has 0 saturated carbocycles. The smallest absolute Gasteiger partial charge is 0.307 e. The molecule has 0 aliphatic heterocycles. The fourth-order valence-electron chi connectivity index (χ4n) is 3.93. The standard InChI is InChI=1S/C26H49NO3/c1-4-7-8-9-10-11-12-13-14-15-16-17-18-19-20-21-22-24(26(29)30)23-25(28)27(5-2)6-3/h7-8,24H,4-6,9-23H2,1-3H3,(H,29,30)/b8-7+. The molecule has 0 bridgehead atoms. The Balaban J connectivity index is 3.57. The summed E-state index contributed by atoms with van der Waals surface area (Å²) >= 11 is 0. The van der Waals surface area contributed by atoms with Gasteiger partial charge in [-0.2, -0.15) is 0 Å². The van der Waals surface area contributed by atoms with E-state index in [1.165, 1.54) is 70.6 Å². The Hall–Kier alpha value is -1.32. The number of nitrogens with zero attached hydrogens (tertiary/aromatic N) is 1. The third-order valence-electron chi connectivity index (χ3n) is 5.96. The number of carbonyl (C=O) groups is 2. The van der Waals surface area contributed by atoms with E-state index < -0.39 is 11.9 Å². The minimum Gasteiger partial charge on any atom is -0.481 e. The van der Waals surface area contributed by atoms with Gasteiger partial charge >= 0.3 is 5.97 Å². The van der Waals surface area contributed by atoms with Gasteiger partial charge in [-0.15, -0.1) is 0 Å². The van der Waals surface area contributed by atoms with E-state index in [-0.39, 0.29) is 12.3 Å². The van der Waals surface area contributed by atoms with E-state index in [1.54, 1.807) is 4.90 Å². The molecule has 0 aliphatic carbocycles. The molecule has 0 aromatic carbocycles. The highest BCUT2D eigenvalue weighted by Crippen LogP contribution is 2.18. The van der Waals surface area contributed by atoms with Gasteiger partial charge in [-0.1, -0.05) is 89.7 Å². The van der Waals surface area contributed by atoms with Crippen LogP contribution in [0.2, 0.25) is 0 Å². The summed E-state index contributed by atoms with van der Waals surface area (Å²) in [5, 5.41) is 9.40. The number of amides is 1. The SMILES string of the molecule is CC/C=C/CCCCCCCCCCCCCCC(CC(=O)N(CC)CC)C(=O)O. The van der Waals surface area contributed by atoms with Crippen molar-refractivity contribution in [3.8, 4) is 0 Å². The molecule has 0 heterocycles. The highest BCUT2D eigenvalue weighted by Gasteiger charge is 2.22. The number of rotatable bonds is 21. The molecule has 0 rings (SSSR count). The van der Waals surface area contributed by atoms with E-state index in [1.807, 2.05) is 13.8 Å². The predicted molar refractivity (Wildman–Crippen MR) is 128 cm³/mol. The summed E-state index contributed by atoms with van der Waals surface area (Å²) < 4.78 is 0. The van der Waals surface area contributed by atoms with Gasteiger partial charge in [0.1, 0.15) is 0 Å². The molecule has 0 aromatic rings. The molecule has 0 aliphatic rings. The van der Waals surface area contributed by atoms with E-state index >= 15 is 0 Å². The number of hydrogen-bond acceptors (Lipinski definition) is 2. The van der Waals surface area contributed by atoms with Crippen LogP contribution >= 0.6 is 0 Å². The van der Waals surface area contributed by atoms with Crippen LogP contribution < -0.4 is 0 Å². The maximum absolute atomic E-state index is 12.2. The van der Waals surface area contributed by atoms with Crippen molar-refractivity contribution in [1.29, 1.82) is 0 Å². The van der Waals surface area contributed by atoms with Crippen molar-refractivity contribution in [2.24, 2.45) is 5.92 Å². The third-order valence-corrected chi connectivity index (χ3v) is 5.96. The number of carboxylic acid groups (broad SMARTS) is 1. The molecule has 1 unspecified atom stereocenters. The monoisotopic (exact) mass is 423 g/mol. The Labute approximate surface area is 186 Å². The Morgan fingerprint density at radius 2 is 1.20 bits per heavy atom. The molecule has 1 atom stereocenters. The van der Waals surface area contributed by atoms with Gasteiger partial charge in [-0.25, -0.2) is 0 Å². The number of carbonyl (C=O) groups excluding carboxylic acids is 1. The van der Waals surface area contributed by atoms with E-state index in [9.17, 15) is 14.7 Å². The number of hydrogen-bond donors (Lipinski definition) is 1. The van der Waals surface area contributed by atoms with Gasteiger partial charge in [-0.3, -0.25) is 9.59 Å². The lowest BCUT2D eigenvalue weighted by Gasteiger charge is -2.21. The molecule has 4 heteroatoms. The lowest BCUT2D eigenvalue weighted by molar-refractivity contribution is -0.146. The van der Waals surface area contributed by atoms with Crippen LogP contribution in [0.3, 0.4) is 0 Å². The first-order valence-corrected chi connectivity index (χ1v) is 12.7. The second kappa shape index (κ2) is 20.9. The topological polar surface area (TPSA) is 57.6 Å². The number of carboxylic acids is 1. The summed E-state index contributed by atoms with van der Waals surface area (Å²) in [6.45, 7) is 7.36. The molecular formula is C26H49NO3. The van der Waals surface area contributed by atoms with E-state index in [4.69, 9.17) is 0 Å². The average molecular weight is 424 g/mol. The number of allylic oxidation sites excluding steroid dienone is 2. The fraction of sp³-hybridized carbons (Fsp3) is 0.846. The minimum absolute atomic E-state index is 0.0271. The van der Waals surface area contributed by atoms with Crippen LogP contribution in [0.5, 0.6) is 0 Å². The molecule has 1 N–H and O–H groups in total. The molecule has 1 amide bonds. The molecule has 0 saturated heterocycles. The first-order valence-electron chi connectivity index (χ1n) is 12.7. The van der Waals surface area contributed by atoms with Crippen molar-refractivity contribution >= 4 is 11.9 Å². The van der Waals surface area contributed by atoms with Crippen molar-refractivity contribution in [2.45, 2.75) is 124 Å². The fourth-order valence-corrected chi connectivity index (χ4v) is 3.93. The summed E-state index contributed by atoms with van der Waals surface area (Å²) in [5.74, 6) is -1.38. The lowest BCUT2D eigenvalue weighted by Crippen LogP contribution is -2.33. The van der Waals surface area contributed by atoms with Crippen LogP contribution in [-0.2, 0) is 9.59 Å². The predicted octanol–water partition coefficient (Wildman–Crippen LogP) is 7.37. The van der Waals surface area contributed by atoms with Crippen molar-refractivity contribution in [3.63, 3.8) is 0 Å². The molecular weight excluding hydrogens is 374 g/mol. The molecule has 0 spiro atoms. The van der Waals surface area contributed by atoms with Gasteiger partial charge in [0.15, 0.2) is 0 Å². The van der Waals surface area contributed by atoms with Gasteiger partial charge in [-0.05, 0) is 39.5 Å². The first-order chi connectivity index (χ1) is 14.6. The van der Waals surface area contributed by atoms with E-state index in [0.717, 1.165) is 19.3 Å².